The van der Waals surface area contributed by atoms with Gasteiger partial charge in [0.15, 0.2) is 12.2 Å². The number of aliphatic hydroxyl groups is 1. The summed E-state index contributed by atoms with van der Waals surface area (Å²) in [6.45, 7) is 9.75. The highest BCUT2D eigenvalue weighted by atomic mass is 31.2. The van der Waals surface area contributed by atoms with Crippen molar-refractivity contribution < 1.29 is 80.2 Å². The summed E-state index contributed by atoms with van der Waals surface area (Å²) in [7, 11) is -9.94. The first kappa shape index (κ1) is 108. The second-order valence-corrected chi connectivity index (χ2v) is 36.6. The van der Waals surface area contributed by atoms with Crippen molar-refractivity contribution in [1.29, 1.82) is 0 Å². The lowest BCUT2D eigenvalue weighted by Crippen LogP contribution is -2.30. The smallest absolute Gasteiger partial charge is 0.462 e. The van der Waals surface area contributed by atoms with E-state index in [0.29, 0.717) is 25.7 Å². The average Bonchev–Trinajstić information content (AvgIpc) is 0.898. The summed E-state index contributed by atoms with van der Waals surface area (Å²) in [4.78, 5) is 73.4. The predicted octanol–water partition coefficient (Wildman–Crippen LogP) is 28.2. The normalized spacial score (nSPS) is 13.7. The maximum Gasteiger partial charge on any atom is 0.472 e. The summed E-state index contributed by atoms with van der Waals surface area (Å²) in [6.07, 6.45) is 76.4. The van der Waals surface area contributed by atoms with Crippen molar-refractivity contribution in [2.24, 2.45) is 11.8 Å². The molecule has 0 aliphatic carbocycles. The summed E-state index contributed by atoms with van der Waals surface area (Å²) in [5.74, 6) is -0.488. The molecular weight excluding hydrogens is 1430 g/mol. The van der Waals surface area contributed by atoms with E-state index in [1.165, 1.54) is 308 Å². The summed E-state index contributed by atoms with van der Waals surface area (Å²) in [5.41, 5.74) is 0. The summed E-state index contributed by atoms with van der Waals surface area (Å²) in [5, 5.41) is 10.7. The third-order valence-corrected chi connectivity index (χ3v) is 23.4. The van der Waals surface area contributed by atoms with E-state index < -0.39 is 97.5 Å². The molecule has 110 heavy (non-hydrogen) atoms. The number of hydrogen-bond acceptors (Lipinski definition) is 15. The van der Waals surface area contributed by atoms with Gasteiger partial charge in [-0.15, -0.1) is 0 Å². The summed E-state index contributed by atoms with van der Waals surface area (Å²) < 4.78 is 69.1. The van der Waals surface area contributed by atoms with Crippen LogP contribution in [0.15, 0.2) is 0 Å². The van der Waals surface area contributed by atoms with Gasteiger partial charge in [-0.3, -0.25) is 37.3 Å². The van der Waals surface area contributed by atoms with Crippen LogP contribution in [-0.4, -0.2) is 96.7 Å². The van der Waals surface area contributed by atoms with Crippen LogP contribution in [0, 0.1) is 11.8 Å². The zero-order chi connectivity index (χ0) is 80.6. The second kappa shape index (κ2) is 82.2. The number of ether oxygens (including phenoxy) is 4. The zero-order valence-electron chi connectivity index (χ0n) is 72.6. The van der Waals surface area contributed by atoms with Crippen molar-refractivity contribution >= 4 is 39.5 Å². The maximum atomic E-state index is 13.2. The Kier molecular flexibility index (Phi) is 80.7. The monoisotopic (exact) mass is 1610 g/mol. The van der Waals surface area contributed by atoms with E-state index >= 15 is 0 Å². The van der Waals surface area contributed by atoms with Gasteiger partial charge < -0.3 is 33.8 Å². The molecule has 0 saturated carbocycles. The van der Waals surface area contributed by atoms with Crippen LogP contribution in [0.3, 0.4) is 0 Å². The predicted molar refractivity (Wildman–Crippen MR) is 455 cm³/mol. The summed E-state index contributed by atoms with van der Waals surface area (Å²) >= 11 is 0. The first-order chi connectivity index (χ1) is 53.4. The molecule has 3 N–H and O–H groups in total. The van der Waals surface area contributed by atoms with Gasteiger partial charge in [0.05, 0.1) is 26.4 Å². The number of aliphatic hydroxyl groups excluding tert-OH is 1. The molecule has 0 rings (SSSR count). The number of carbonyl (C=O) groups is 4. The maximum absolute atomic E-state index is 13.2. The number of phosphoric ester groups is 2. The molecular formula is C91H178O17P2. The molecule has 19 heteroatoms. The first-order valence-electron chi connectivity index (χ1n) is 47.0. The fourth-order valence-corrected chi connectivity index (χ4v) is 15.9. The Morgan fingerprint density at radius 1 is 0.245 bits per heavy atom. The summed E-state index contributed by atoms with van der Waals surface area (Å²) in [6, 6.07) is 0. The van der Waals surface area contributed by atoms with Gasteiger partial charge in [-0.2, -0.15) is 0 Å². The van der Waals surface area contributed by atoms with Gasteiger partial charge in [0, 0.05) is 25.7 Å². The van der Waals surface area contributed by atoms with Gasteiger partial charge in [-0.25, -0.2) is 9.13 Å². The molecule has 0 bridgehead atoms. The van der Waals surface area contributed by atoms with Crippen LogP contribution >= 0.6 is 15.6 Å². The van der Waals surface area contributed by atoms with Gasteiger partial charge in [-0.05, 0) is 37.5 Å². The van der Waals surface area contributed by atoms with E-state index in [1.54, 1.807) is 0 Å². The van der Waals surface area contributed by atoms with Crippen molar-refractivity contribution in [2.45, 2.75) is 509 Å². The fraction of sp³-hybridized carbons (Fsp3) is 0.956. The van der Waals surface area contributed by atoms with Gasteiger partial charge in [0.25, 0.3) is 0 Å². The fourth-order valence-electron chi connectivity index (χ4n) is 14.3. The molecule has 0 aromatic heterocycles. The number of hydrogen-bond donors (Lipinski definition) is 3. The molecule has 0 amide bonds. The van der Waals surface area contributed by atoms with Gasteiger partial charge in [0.2, 0.25) is 0 Å². The van der Waals surface area contributed by atoms with Crippen LogP contribution in [0.5, 0.6) is 0 Å². The molecule has 654 valence electrons. The molecule has 0 saturated heterocycles. The molecule has 0 heterocycles. The van der Waals surface area contributed by atoms with Gasteiger partial charge >= 0.3 is 39.5 Å². The number of unbranched alkanes of at least 4 members (excludes halogenated alkanes) is 60. The van der Waals surface area contributed by atoms with Crippen molar-refractivity contribution in [3.05, 3.63) is 0 Å². The molecule has 0 aliphatic rings. The lowest BCUT2D eigenvalue weighted by Gasteiger charge is -2.21. The Morgan fingerprint density at radius 3 is 0.618 bits per heavy atom. The number of carbonyl (C=O) groups excluding carboxylic acids is 4. The molecule has 0 radical (unpaired) electrons. The van der Waals surface area contributed by atoms with Gasteiger partial charge in [0.1, 0.15) is 19.3 Å². The van der Waals surface area contributed by atoms with Crippen LogP contribution in [-0.2, 0) is 65.4 Å². The van der Waals surface area contributed by atoms with Crippen LogP contribution in [0.2, 0.25) is 0 Å². The Labute approximate surface area is 677 Å². The molecule has 0 aliphatic heterocycles. The van der Waals surface area contributed by atoms with E-state index in [0.717, 1.165) is 102 Å². The molecule has 2 unspecified atom stereocenters. The Bertz CT molecular complexity index is 2100. The standard InChI is InChI=1S/C91H178O17P2/c1-7-9-11-13-15-17-19-21-22-23-24-25-26-30-33-38-44-50-56-62-68-74-89(94)102-80-87(107-90(95)75-69-63-57-51-45-39-34-31-28-27-29-32-36-41-47-53-59-65-71-83(3)4)82-106-110(99,100)104-78-85(92)77-103-109(97,98)105-81-86(79-101-88(93)73-67-61-55-49-43-20-18-16-14-12-10-8-2)108-91(96)76-70-64-58-52-46-40-35-37-42-48-54-60-66-72-84(5)6/h83-87,92H,7-82H2,1-6H3,(H,97,98)(H,99,100)/t85-,86+,87+/m0/s1. The molecule has 0 fully saturated rings. The quantitative estimate of drug-likeness (QED) is 0.0222. The van der Waals surface area contributed by atoms with Crippen LogP contribution in [0.1, 0.15) is 491 Å². The van der Waals surface area contributed by atoms with Crippen molar-refractivity contribution in [3.8, 4) is 0 Å². The molecule has 0 aromatic rings. The number of rotatable bonds is 90. The topological polar surface area (TPSA) is 237 Å². The van der Waals surface area contributed by atoms with Crippen LogP contribution in [0.4, 0.5) is 0 Å². The third kappa shape index (κ3) is 84.0. The molecule has 17 nitrogen and oxygen atoms in total. The minimum Gasteiger partial charge on any atom is -0.462 e. The average molecular weight is 1610 g/mol. The van der Waals surface area contributed by atoms with E-state index in [9.17, 15) is 43.2 Å². The van der Waals surface area contributed by atoms with Crippen LogP contribution < -0.4 is 0 Å². The highest BCUT2D eigenvalue weighted by Crippen LogP contribution is 2.45. The van der Waals surface area contributed by atoms with E-state index in [1.807, 2.05) is 0 Å². The Hall–Kier alpha value is -1.94. The van der Waals surface area contributed by atoms with E-state index in [-0.39, 0.29) is 25.7 Å². The Balaban J connectivity index is 5.24. The Morgan fingerprint density at radius 2 is 0.418 bits per heavy atom. The largest absolute Gasteiger partial charge is 0.472 e. The zero-order valence-corrected chi connectivity index (χ0v) is 74.4. The molecule has 0 aromatic carbocycles. The highest BCUT2D eigenvalue weighted by molar-refractivity contribution is 7.47. The molecule has 0 spiro atoms. The van der Waals surface area contributed by atoms with Crippen molar-refractivity contribution in [2.75, 3.05) is 39.6 Å². The first-order valence-corrected chi connectivity index (χ1v) is 50.0. The van der Waals surface area contributed by atoms with E-state index in [2.05, 4.69) is 41.5 Å². The number of esters is 4. The minimum absolute atomic E-state index is 0.108. The minimum atomic E-state index is -4.97. The lowest BCUT2D eigenvalue weighted by atomic mass is 10.0. The van der Waals surface area contributed by atoms with Crippen molar-refractivity contribution in [1.82, 2.24) is 0 Å². The lowest BCUT2D eigenvalue weighted by molar-refractivity contribution is -0.161. The van der Waals surface area contributed by atoms with E-state index in [4.69, 9.17) is 37.0 Å². The van der Waals surface area contributed by atoms with Crippen molar-refractivity contribution in [3.63, 3.8) is 0 Å². The van der Waals surface area contributed by atoms with Crippen LogP contribution in [0.25, 0.3) is 0 Å². The SMILES string of the molecule is CCCCCCCCCCCCCCCCCCCCCCCC(=O)OC[C@H](COP(=O)(O)OC[C@@H](O)COP(=O)(O)OC[C@@H](COC(=O)CCCCCCCCCCCCCC)OC(=O)CCCCCCCCCCCCCCCC(C)C)OC(=O)CCCCCCCCCCCCCCCCCCCCC(C)C. The third-order valence-electron chi connectivity index (χ3n) is 21.5. The second-order valence-electron chi connectivity index (χ2n) is 33.6. The van der Waals surface area contributed by atoms with Gasteiger partial charge in [-0.1, -0.05) is 440 Å². The molecule has 5 atom stereocenters. The number of phosphoric acid groups is 2. The highest BCUT2D eigenvalue weighted by Gasteiger charge is 2.31.